The fourth-order valence-corrected chi connectivity index (χ4v) is 1.70. The van der Waals surface area contributed by atoms with Crippen LogP contribution < -0.4 is 10.6 Å². The molecule has 0 unspecified atom stereocenters. The molecule has 7 nitrogen and oxygen atoms in total. The number of aliphatic hydroxyl groups is 1. The zero-order valence-electron chi connectivity index (χ0n) is 11.4. The Morgan fingerprint density at radius 1 is 1.40 bits per heavy atom. The molecule has 1 aromatic rings. The average Bonchev–Trinajstić information content (AvgIpc) is 2.43. The van der Waals surface area contributed by atoms with Crippen LogP contribution in [0.3, 0.4) is 0 Å². The average molecular weight is 281 g/mol. The number of nitro benzene ring substituents is 1. The van der Waals surface area contributed by atoms with E-state index in [0.29, 0.717) is 37.2 Å². The van der Waals surface area contributed by atoms with Gasteiger partial charge in [-0.15, -0.1) is 0 Å². The molecule has 0 aromatic heterocycles. The van der Waals surface area contributed by atoms with Gasteiger partial charge >= 0.3 is 0 Å². The Labute approximate surface area is 117 Å². The highest BCUT2D eigenvalue weighted by Gasteiger charge is 2.16. The van der Waals surface area contributed by atoms with Crippen LogP contribution in [0, 0.1) is 10.1 Å². The molecule has 0 saturated carbocycles. The first-order valence-corrected chi connectivity index (χ1v) is 6.51. The van der Waals surface area contributed by atoms with Crippen LogP contribution in [0.2, 0.25) is 0 Å². The Morgan fingerprint density at radius 3 is 2.75 bits per heavy atom. The molecule has 0 radical (unpaired) electrons. The summed E-state index contributed by atoms with van der Waals surface area (Å²) in [6.07, 6.45) is 1.32. The van der Waals surface area contributed by atoms with Crippen molar-refractivity contribution in [3.05, 3.63) is 33.9 Å². The minimum atomic E-state index is -0.490. The largest absolute Gasteiger partial charge is 0.396 e. The van der Waals surface area contributed by atoms with Gasteiger partial charge in [0.2, 0.25) is 0 Å². The number of amides is 1. The van der Waals surface area contributed by atoms with Crippen molar-refractivity contribution in [1.82, 2.24) is 5.32 Å². The van der Waals surface area contributed by atoms with E-state index in [2.05, 4.69) is 10.6 Å². The van der Waals surface area contributed by atoms with Crippen molar-refractivity contribution >= 4 is 17.3 Å². The Balaban J connectivity index is 2.88. The number of hydrogen-bond acceptors (Lipinski definition) is 5. The fourth-order valence-electron chi connectivity index (χ4n) is 1.70. The predicted octanol–water partition coefficient (Wildman–Crippen LogP) is 1.53. The Kier molecular flexibility index (Phi) is 6.45. The lowest BCUT2D eigenvalue weighted by Gasteiger charge is -2.09. The van der Waals surface area contributed by atoms with E-state index < -0.39 is 4.92 Å². The molecule has 1 rings (SSSR count). The minimum absolute atomic E-state index is 0.0675. The van der Waals surface area contributed by atoms with Gasteiger partial charge in [0.1, 0.15) is 5.69 Å². The van der Waals surface area contributed by atoms with Gasteiger partial charge in [0.05, 0.1) is 4.92 Å². The van der Waals surface area contributed by atoms with E-state index in [9.17, 15) is 14.9 Å². The molecule has 0 aliphatic rings. The third-order valence-corrected chi connectivity index (χ3v) is 2.69. The third kappa shape index (κ3) is 4.51. The van der Waals surface area contributed by atoms with E-state index in [1.54, 1.807) is 6.92 Å². The van der Waals surface area contributed by atoms with Crippen LogP contribution in [-0.2, 0) is 0 Å². The summed E-state index contributed by atoms with van der Waals surface area (Å²) in [5.41, 5.74) is 0.626. The molecule has 20 heavy (non-hydrogen) atoms. The molecule has 0 fully saturated rings. The van der Waals surface area contributed by atoms with Gasteiger partial charge in [0.15, 0.2) is 0 Å². The summed E-state index contributed by atoms with van der Waals surface area (Å²) in [7, 11) is 0. The van der Waals surface area contributed by atoms with Gasteiger partial charge in [0.25, 0.3) is 11.6 Å². The van der Waals surface area contributed by atoms with E-state index in [1.807, 2.05) is 0 Å². The summed E-state index contributed by atoms with van der Waals surface area (Å²) < 4.78 is 0. The number of rotatable bonds is 8. The maximum atomic E-state index is 11.7. The van der Waals surface area contributed by atoms with Crippen molar-refractivity contribution in [2.45, 2.75) is 19.8 Å². The van der Waals surface area contributed by atoms with Gasteiger partial charge in [-0.2, -0.15) is 0 Å². The van der Waals surface area contributed by atoms with Crippen LogP contribution in [0.15, 0.2) is 18.2 Å². The lowest BCUT2D eigenvalue weighted by Crippen LogP contribution is -2.22. The van der Waals surface area contributed by atoms with E-state index in [1.165, 1.54) is 18.2 Å². The Bertz CT molecular complexity index is 477. The van der Waals surface area contributed by atoms with Crippen molar-refractivity contribution in [3.63, 3.8) is 0 Å². The molecular formula is C13H19N3O4. The fraction of sp³-hybridized carbons (Fsp3) is 0.462. The van der Waals surface area contributed by atoms with Crippen molar-refractivity contribution in [3.8, 4) is 0 Å². The van der Waals surface area contributed by atoms with Gasteiger partial charge in [0, 0.05) is 31.3 Å². The number of nitrogens with one attached hydrogen (secondary N) is 2. The maximum Gasteiger partial charge on any atom is 0.292 e. The normalized spacial score (nSPS) is 10.1. The molecule has 0 aliphatic carbocycles. The first-order valence-electron chi connectivity index (χ1n) is 6.51. The number of carbonyl (C=O) groups is 1. The molecular weight excluding hydrogens is 262 g/mol. The number of carbonyl (C=O) groups excluding carboxylic acids is 1. The van der Waals surface area contributed by atoms with Crippen molar-refractivity contribution in [2.24, 2.45) is 0 Å². The summed E-state index contributed by atoms with van der Waals surface area (Å²) in [6, 6.07) is 4.23. The maximum absolute atomic E-state index is 11.7. The van der Waals surface area contributed by atoms with Crippen LogP contribution in [0.1, 0.15) is 30.1 Å². The van der Waals surface area contributed by atoms with Gasteiger partial charge in [-0.3, -0.25) is 14.9 Å². The standard InChI is InChI=1S/C13H19N3O4/c1-2-14-13(18)10-5-6-12(16(19)20)11(9-10)15-7-3-4-8-17/h5-6,9,15,17H,2-4,7-8H2,1H3,(H,14,18). The van der Waals surface area contributed by atoms with E-state index in [-0.39, 0.29) is 18.2 Å². The lowest BCUT2D eigenvalue weighted by atomic mass is 10.1. The van der Waals surface area contributed by atoms with Crippen LogP contribution in [-0.4, -0.2) is 35.6 Å². The minimum Gasteiger partial charge on any atom is -0.396 e. The number of nitro groups is 1. The van der Waals surface area contributed by atoms with Crippen LogP contribution in [0.5, 0.6) is 0 Å². The number of anilines is 1. The topological polar surface area (TPSA) is 104 Å². The monoisotopic (exact) mass is 281 g/mol. The van der Waals surface area contributed by atoms with E-state index in [4.69, 9.17) is 5.11 Å². The SMILES string of the molecule is CCNC(=O)c1ccc([N+](=O)[O-])c(NCCCCO)c1. The smallest absolute Gasteiger partial charge is 0.292 e. The van der Waals surface area contributed by atoms with Crippen molar-refractivity contribution < 1.29 is 14.8 Å². The van der Waals surface area contributed by atoms with E-state index in [0.717, 1.165) is 0 Å². The number of benzene rings is 1. The highest BCUT2D eigenvalue weighted by molar-refractivity contribution is 5.95. The Hall–Kier alpha value is -2.15. The molecule has 0 bridgehead atoms. The molecule has 0 spiro atoms. The highest BCUT2D eigenvalue weighted by Crippen LogP contribution is 2.25. The van der Waals surface area contributed by atoms with E-state index >= 15 is 0 Å². The van der Waals surface area contributed by atoms with Crippen LogP contribution in [0.25, 0.3) is 0 Å². The lowest BCUT2D eigenvalue weighted by molar-refractivity contribution is -0.384. The summed E-state index contributed by atoms with van der Waals surface area (Å²) >= 11 is 0. The third-order valence-electron chi connectivity index (χ3n) is 2.69. The zero-order chi connectivity index (χ0) is 15.0. The predicted molar refractivity (Wildman–Crippen MR) is 75.9 cm³/mol. The number of unbranched alkanes of at least 4 members (excludes halogenated alkanes) is 1. The summed E-state index contributed by atoms with van der Waals surface area (Å²) in [5, 5.41) is 25.2. The number of nitrogens with zero attached hydrogens (tertiary/aromatic N) is 1. The molecule has 110 valence electrons. The first kappa shape index (κ1) is 15.9. The van der Waals surface area contributed by atoms with Crippen LogP contribution >= 0.6 is 0 Å². The molecule has 0 heterocycles. The van der Waals surface area contributed by atoms with Crippen LogP contribution in [0.4, 0.5) is 11.4 Å². The molecule has 0 atom stereocenters. The molecule has 7 heteroatoms. The second kappa shape index (κ2) is 8.11. The van der Waals surface area contributed by atoms with Crippen molar-refractivity contribution in [1.29, 1.82) is 0 Å². The van der Waals surface area contributed by atoms with Gasteiger partial charge < -0.3 is 15.7 Å². The second-order valence-electron chi connectivity index (χ2n) is 4.21. The summed E-state index contributed by atoms with van der Waals surface area (Å²) in [5.74, 6) is -0.263. The first-order chi connectivity index (χ1) is 9.60. The van der Waals surface area contributed by atoms with Gasteiger partial charge in [-0.25, -0.2) is 0 Å². The number of aliphatic hydroxyl groups excluding tert-OH is 1. The quantitative estimate of drug-likeness (QED) is 0.381. The summed E-state index contributed by atoms with van der Waals surface area (Å²) in [4.78, 5) is 22.2. The molecule has 1 aromatic carbocycles. The molecule has 0 aliphatic heterocycles. The van der Waals surface area contributed by atoms with Gasteiger partial charge in [-0.1, -0.05) is 0 Å². The highest BCUT2D eigenvalue weighted by atomic mass is 16.6. The Morgan fingerprint density at radius 2 is 2.15 bits per heavy atom. The van der Waals surface area contributed by atoms with Gasteiger partial charge in [-0.05, 0) is 31.9 Å². The molecule has 0 saturated heterocycles. The second-order valence-corrected chi connectivity index (χ2v) is 4.21. The number of hydrogen-bond donors (Lipinski definition) is 3. The zero-order valence-corrected chi connectivity index (χ0v) is 11.4. The van der Waals surface area contributed by atoms with Crippen molar-refractivity contribution in [2.75, 3.05) is 25.0 Å². The summed E-state index contributed by atoms with van der Waals surface area (Å²) in [6.45, 7) is 2.88. The molecule has 3 N–H and O–H groups in total. The molecule has 1 amide bonds.